The lowest BCUT2D eigenvalue weighted by atomic mass is 10.0. The van der Waals surface area contributed by atoms with Crippen molar-refractivity contribution < 1.29 is 23.7 Å². The molecule has 0 spiro atoms. The molecule has 1 unspecified atom stereocenters. The van der Waals surface area contributed by atoms with Crippen LogP contribution in [0.25, 0.3) is 0 Å². The molecule has 6 nitrogen and oxygen atoms in total. The Kier molecular flexibility index (Phi) is 6.86. The van der Waals surface area contributed by atoms with Crippen molar-refractivity contribution in [2.24, 2.45) is 0 Å². The largest absolute Gasteiger partial charge is 0.497 e. The van der Waals surface area contributed by atoms with Crippen molar-refractivity contribution in [2.45, 2.75) is 32.7 Å². The van der Waals surface area contributed by atoms with E-state index in [4.69, 9.17) is 18.9 Å². The maximum absolute atomic E-state index is 13.4. The molecule has 0 bridgehead atoms. The quantitative estimate of drug-likeness (QED) is 0.655. The zero-order valence-corrected chi connectivity index (χ0v) is 17.6. The molecule has 0 aromatic heterocycles. The topological polar surface area (TPSA) is 57.2 Å². The molecule has 1 aliphatic heterocycles. The van der Waals surface area contributed by atoms with E-state index in [9.17, 15) is 4.79 Å². The summed E-state index contributed by atoms with van der Waals surface area (Å²) in [5.74, 6) is 2.73. The van der Waals surface area contributed by atoms with Crippen LogP contribution in [0, 0.1) is 0 Å². The maximum atomic E-state index is 13.4. The Morgan fingerprint density at radius 2 is 1.69 bits per heavy atom. The summed E-state index contributed by atoms with van der Waals surface area (Å²) in [5.41, 5.74) is 1.55. The van der Waals surface area contributed by atoms with E-state index in [1.807, 2.05) is 36.9 Å². The van der Waals surface area contributed by atoms with Gasteiger partial charge < -0.3 is 23.8 Å². The molecular weight excluding hydrogens is 370 g/mol. The highest BCUT2D eigenvalue weighted by atomic mass is 16.5. The van der Waals surface area contributed by atoms with Crippen LogP contribution in [0.1, 0.15) is 48.7 Å². The van der Waals surface area contributed by atoms with Crippen LogP contribution < -0.4 is 18.9 Å². The van der Waals surface area contributed by atoms with Crippen molar-refractivity contribution in [3.05, 3.63) is 47.5 Å². The van der Waals surface area contributed by atoms with Gasteiger partial charge in [0.1, 0.15) is 11.5 Å². The average molecular weight is 399 g/mol. The maximum Gasteiger partial charge on any atom is 0.254 e. The van der Waals surface area contributed by atoms with E-state index in [-0.39, 0.29) is 11.9 Å². The first-order valence-electron chi connectivity index (χ1n) is 10.0. The molecule has 156 valence electrons. The molecule has 2 aromatic rings. The summed E-state index contributed by atoms with van der Waals surface area (Å²) in [6.45, 7) is 5.57. The molecule has 1 fully saturated rings. The van der Waals surface area contributed by atoms with E-state index in [1.54, 1.807) is 32.4 Å². The second-order valence-electron chi connectivity index (χ2n) is 6.79. The lowest BCUT2D eigenvalue weighted by Crippen LogP contribution is -2.30. The molecule has 0 aliphatic carbocycles. The van der Waals surface area contributed by atoms with Gasteiger partial charge in [-0.1, -0.05) is 0 Å². The molecule has 0 saturated carbocycles. The monoisotopic (exact) mass is 399 g/mol. The minimum atomic E-state index is -0.0605. The third-order valence-corrected chi connectivity index (χ3v) is 5.10. The van der Waals surface area contributed by atoms with Gasteiger partial charge in [-0.3, -0.25) is 4.79 Å². The molecule has 3 rings (SSSR count). The summed E-state index contributed by atoms with van der Waals surface area (Å²) in [4.78, 5) is 15.3. The molecule has 6 heteroatoms. The second-order valence-corrected chi connectivity index (χ2v) is 6.79. The van der Waals surface area contributed by atoms with Crippen LogP contribution in [-0.2, 0) is 0 Å². The number of hydrogen-bond acceptors (Lipinski definition) is 5. The Balaban J connectivity index is 1.92. The fourth-order valence-corrected chi connectivity index (χ4v) is 3.78. The fourth-order valence-electron chi connectivity index (χ4n) is 3.78. The molecule has 29 heavy (non-hydrogen) atoms. The van der Waals surface area contributed by atoms with Gasteiger partial charge in [-0.25, -0.2) is 0 Å². The van der Waals surface area contributed by atoms with Crippen LogP contribution in [0.3, 0.4) is 0 Å². The number of carbonyl (C=O) groups is 1. The Morgan fingerprint density at radius 1 is 0.966 bits per heavy atom. The van der Waals surface area contributed by atoms with Crippen molar-refractivity contribution in [3.8, 4) is 23.0 Å². The number of rotatable bonds is 8. The molecular formula is C23H29NO5. The first-order valence-corrected chi connectivity index (χ1v) is 10.0. The van der Waals surface area contributed by atoms with Gasteiger partial charge in [0.25, 0.3) is 5.91 Å². The third-order valence-electron chi connectivity index (χ3n) is 5.10. The van der Waals surface area contributed by atoms with Crippen LogP contribution in [0.15, 0.2) is 36.4 Å². The number of likely N-dealkylation sites (tertiary alicyclic amines) is 1. The first-order chi connectivity index (χ1) is 14.1. The smallest absolute Gasteiger partial charge is 0.254 e. The Bertz CT molecular complexity index is 851. The zero-order chi connectivity index (χ0) is 20.8. The zero-order valence-electron chi connectivity index (χ0n) is 17.6. The Labute approximate surface area is 172 Å². The molecule has 1 saturated heterocycles. The van der Waals surface area contributed by atoms with Crippen LogP contribution in [-0.4, -0.2) is 44.8 Å². The van der Waals surface area contributed by atoms with Gasteiger partial charge in [0.15, 0.2) is 11.5 Å². The van der Waals surface area contributed by atoms with E-state index < -0.39 is 0 Å². The Morgan fingerprint density at radius 3 is 2.38 bits per heavy atom. The van der Waals surface area contributed by atoms with Crippen molar-refractivity contribution in [1.82, 2.24) is 4.90 Å². The third kappa shape index (κ3) is 4.42. The van der Waals surface area contributed by atoms with Gasteiger partial charge in [0, 0.05) is 17.7 Å². The number of amides is 1. The second kappa shape index (κ2) is 9.54. The van der Waals surface area contributed by atoms with Crippen LogP contribution in [0.4, 0.5) is 0 Å². The van der Waals surface area contributed by atoms with Crippen LogP contribution in [0.5, 0.6) is 23.0 Å². The summed E-state index contributed by atoms with van der Waals surface area (Å²) in [7, 11) is 3.28. The van der Waals surface area contributed by atoms with Crippen LogP contribution >= 0.6 is 0 Å². The molecule has 1 aliphatic rings. The SMILES string of the molecule is CCOc1ccc(C(=O)N2CCCC2c2cc(OC)ccc2OC)cc1OCC. The van der Waals surface area contributed by atoms with E-state index in [1.165, 1.54) is 0 Å². The molecule has 0 N–H and O–H groups in total. The van der Waals surface area contributed by atoms with Gasteiger partial charge in [-0.15, -0.1) is 0 Å². The van der Waals surface area contributed by atoms with Crippen molar-refractivity contribution in [3.63, 3.8) is 0 Å². The summed E-state index contributed by atoms with van der Waals surface area (Å²) < 4.78 is 22.2. The van der Waals surface area contributed by atoms with Crippen molar-refractivity contribution in [2.75, 3.05) is 34.0 Å². The number of nitrogens with zero attached hydrogens (tertiary/aromatic N) is 1. The van der Waals surface area contributed by atoms with Crippen molar-refractivity contribution >= 4 is 5.91 Å². The minimum absolute atomic E-state index is 0.0265. The van der Waals surface area contributed by atoms with E-state index in [0.29, 0.717) is 36.8 Å². The van der Waals surface area contributed by atoms with Gasteiger partial charge in [-0.05, 0) is 63.1 Å². The molecule has 1 atom stereocenters. The summed E-state index contributed by atoms with van der Waals surface area (Å²) >= 11 is 0. The van der Waals surface area contributed by atoms with Gasteiger partial charge in [-0.2, -0.15) is 0 Å². The normalized spacial score (nSPS) is 15.9. The number of ether oxygens (including phenoxy) is 4. The number of carbonyl (C=O) groups excluding carboxylic acids is 1. The lowest BCUT2D eigenvalue weighted by Gasteiger charge is -2.27. The van der Waals surface area contributed by atoms with E-state index in [2.05, 4.69) is 0 Å². The van der Waals surface area contributed by atoms with Gasteiger partial charge >= 0.3 is 0 Å². The highest BCUT2D eigenvalue weighted by Gasteiger charge is 2.33. The predicted molar refractivity (Wildman–Crippen MR) is 111 cm³/mol. The molecule has 1 heterocycles. The standard InChI is InChI=1S/C23H29NO5/c1-5-28-21-11-9-16(14-22(21)29-6-2)23(25)24-13-7-8-19(24)18-15-17(26-3)10-12-20(18)27-4/h9-12,14-15,19H,5-8,13H2,1-4H3. The predicted octanol–water partition coefficient (Wildman–Crippen LogP) is 4.48. The van der Waals surface area contributed by atoms with Crippen LogP contribution in [0.2, 0.25) is 0 Å². The highest BCUT2D eigenvalue weighted by molar-refractivity contribution is 5.95. The summed E-state index contributed by atoms with van der Waals surface area (Å²) in [5, 5.41) is 0. The molecule has 2 aromatic carbocycles. The summed E-state index contributed by atoms with van der Waals surface area (Å²) in [6, 6.07) is 11.0. The molecule has 0 radical (unpaired) electrons. The number of hydrogen-bond donors (Lipinski definition) is 0. The average Bonchev–Trinajstić information content (AvgIpc) is 3.24. The lowest BCUT2D eigenvalue weighted by molar-refractivity contribution is 0.0733. The highest BCUT2D eigenvalue weighted by Crippen LogP contribution is 2.40. The van der Waals surface area contributed by atoms with Gasteiger partial charge in [0.2, 0.25) is 0 Å². The van der Waals surface area contributed by atoms with Gasteiger partial charge in [0.05, 0.1) is 33.5 Å². The van der Waals surface area contributed by atoms with Crippen molar-refractivity contribution in [1.29, 1.82) is 0 Å². The Hall–Kier alpha value is -2.89. The number of methoxy groups -OCH3 is 2. The number of benzene rings is 2. The fraction of sp³-hybridized carbons (Fsp3) is 0.435. The molecule has 1 amide bonds. The first kappa shape index (κ1) is 20.8. The summed E-state index contributed by atoms with van der Waals surface area (Å²) in [6.07, 6.45) is 1.82. The van der Waals surface area contributed by atoms with E-state index >= 15 is 0 Å². The van der Waals surface area contributed by atoms with E-state index in [0.717, 1.165) is 29.9 Å². The minimum Gasteiger partial charge on any atom is -0.497 e.